The Morgan fingerprint density at radius 2 is 1.83 bits per heavy atom. The number of aromatic nitrogens is 3. The summed E-state index contributed by atoms with van der Waals surface area (Å²) in [5.74, 6) is 1.09. The lowest BCUT2D eigenvalue weighted by molar-refractivity contribution is 0.0750. The predicted octanol–water partition coefficient (Wildman–Crippen LogP) is 3.89. The van der Waals surface area contributed by atoms with Gasteiger partial charge in [0.05, 0.1) is 11.4 Å². The molecule has 5 rings (SSSR count). The van der Waals surface area contributed by atoms with Gasteiger partial charge >= 0.3 is 0 Å². The van der Waals surface area contributed by atoms with Crippen molar-refractivity contribution in [3.05, 3.63) is 58.5 Å². The van der Waals surface area contributed by atoms with Crippen LogP contribution >= 0.6 is 11.3 Å². The van der Waals surface area contributed by atoms with Gasteiger partial charge in [0.2, 0.25) is 0 Å². The van der Waals surface area contributed by atoms with E-state index < -0.39 is 0 Å². The van der Waals surface area contributed by atoms with E-state index in [0.29, 0.717) is 53.2 Å². The van der Waals surface area contributed by atoms with E-state index in [9.17, 15) is 9.18 Å². The lowest BCUT2D eigenvalue weighted by Crippen LogP contribution is -2.49. The van der Waals surface area contributed by atoms with Crippen LogP contribution in [0.2, 0.25) is 0 Å². The molecule has 1 aliphatic heterocycles. The van der Waals surface area contributed by atoms with Gasteiger partial charge in [0.1, 0.15) is 15.7 Å². The topological polar surface area (TPSA) is 62.2 Å². The summed E-state index contributed by atoms with van der Waals surface area (Å²) in [6, 6.07) is 10.6. The molecule has 0 bridgehead atoms. The average Bonchev–Trinajstić information content (AvgIpc) is 3.56. The number of thiazole rings is 1. The van der Waals surface area contributed by atoms with Gasteiger partial charge in [-0.05, 0) is 44.0 Å². The summed E-state index contributed by atoms with van der Waals surface area (Å²) in [6.45, 7) is 4.44. The Labute approximate surface area is 178 Å². The number of benzene rings is 1. The zero-order chi connectivity index (χ0) is 20.7. The lowest BCUT2D eigenvalue weighted by Gasteiger charge is -2.35. The Balaban J connectivity index is 1.26. The van der Waals surface area contributed by atoms with Crippen LogP contribution in [0.4, 0.5) is 10.2 Å². The number of halogens is 1. The van der Waals surface area contributed by atoms with E-state index in [1.54, 1.807) is 25.1 Å². The molecule has 0 radical (unpaired) electrons. The number of carbonyl (C=O) groups is 1. The van der Waals surface area contributed by atoms with E-state index in [-0.39, 0.29) is 11.7 Å². The van der Waals surface area contributed by atoms with Gasteiger partial charge < -0.3 is 9.80 Å². The van der Waals surface area contributed by atoms with Crippen molar-refractivity contribution >= 4 is 23.1 Å². The third-order valence-corrected chi connectivity index (χ3v) is 6.83. The van der Waals surface area contributed by atoms with Crippen molar-refractivity contribution in [2.75, 3.05) is 31.1 Å². The Hall–Kier alpha value is -2.87. The number of hydrogen-bond donors (Lipinski definition) is 0. The van der Waals surface area contributed by atoms with Crippen LogP contribution in [-0.2, 0) is 0 Å². The van der Waals surface area contributed by atoms with Crippen molar-refractivity contribution in [1.29, 1.82) is 0 Å². The molecule has 1 amide bonds. The molecule has 0 atom stereocenters. The summed E-state index contributed by atoms with van der Waals surface area (Å²) < 4.78 is 14.1. The van der Waals surface area contributed by atoms with E-state index in [1.165, 1.54) is 30.2 Å². The largest absolute Gasteiger partial charge is 0.352 e. The molecule has 0 spiro atoms. The number of rotatable bonds is 4. The molecule has 1 saturated carbocycles. The van der Waals surface area contributed by atoms with E-state index in [0.717, 1.165) is 11.5 Å². The standard InChI is InChI=1S/C22H22FN5OS/c1-14-20(30-21(24-14)16-4-2-3-5-17(16)23)22(29)28-12-10-27(11-13-28)19-9-8-18(25-26-19)15-6-7-15/h2-5,8-9,15H,6-7,10-13H2,1H3. The first-order chi connectivity index (χ1) is 14.6. The number of carbonyl (C=O) groups excluding carboxylic acids is 1. The Morgan fingerprint density at radius 1 is 1.07 bits per heavy atom. The summed E-state index contributed by atoms with van der Waals surface area (Å²) >= 11 is 1.26. The van der Waals surface area contributed by atoms with Crippen LogP contribution in [0.3, 0.4) is 0 Å². The first-order valence-corrected chi connectivity index (χ1v) is 11.0. The molecule has 2 aliphatic rings. The highest BCUT2D eigenvalue weighted by Gasteiger charge is 2.28. The number of hydrogen-bond acceptors (Lipinski definition) is 6. The van der Waals surface area contributed by atoms with Gasteiger partial charge in [-0.25, -0.2) is 9.37 Å². The summed E-state index contributed by atoms with van der Waals surface area (Å²) in [7, 11) is 0. The first-order valence-electron chi connectivity index (χ1n) is 10.2. The van der Waals surface area contributed by atoms with E-state index in [1.807, 2.05) is 11.0 Å². The normalized spacial score (nSPS) is 16.7. The van der Waals surface area contributed by atoms with Crippen molar-refractivity contribution in [2.45, 2.75) is 25.7 Å². The second-order valence-corrected chi connectivity index (χ2v) is 8.78. The summed E-state index contributed by atoms with van der Waals surface area (Å²) in [5, 5.41) is 9.28. The molecule has 3 heterocycles. The van der Waals surface area contributed by atoms with Gasteiger partial charge in [-0.1, -0.05) is 12.1 Å². The highest BCUT2D eigenvalue weighted by atomic mass is 32.1. The van der Waals surface area contributed by atoms with Crippen LogP contribution in [0.5, 0.6) is 0 Å². The molecule has 3 aromatic rings. The minimum absolute atomic E-state index is 0.0394. The quantitative estimate of drug-likeness (QED) is 0.637. The van der Waals surface area contributed by atoms with Crippen molar-refractivity contribution < 1.29 is 9.18 Å². The molecule has 154 valence electrons. The van der Waals surface area contributed by atoms with Crippen LogP contribution in [0, 0.1) is 12.7 Å². The second kappa shape index (κ2) is 7.75. The van der Waals surface area contributed by atoms with Crippen molar-refractivity contribution in [3.8, 4) is 10.6 Å². The molecule has 2 fully saturated rings. The smallest absolute Gasteiger partial charge is 0.265 e. The number of nitrogens with zero attached hydrogens (tertiary/aromatic N) is 5. The molecule has 8 heteroatoms. The molecular formula is C22H22FN5OS. The fraction of sp³-hybridized carbons (Fsp3) is 0.364. The summed E-state index contributed by atoms with van der Waals surface area (Å²) in [6.07, 6.45) is 2.43. The maximum Gasteiger partial charge on any atom is 0.265 e. The highest BCUT2D eigenvalue weighted by molar-refractivity contribution is 7.17. The zero-order valence-electron chi connectivity index (χ0n) is 16.7. The lowest BCUT2D eigenvalue weighted by atomic mass is 10.2. The molecule has 0 N–H and O–H groups in total. The summed E-state index contributed by atoms with van der Waals surface area (Å²) in [5.41, 5.74) is 2.16. The first kappa shape index (κ1) is 19.1. The van der Waals surface area contributed by atoms with Crippen LogP contribution < -0.4 is 4.90 Å². The number of amides is 1. The predicted molar refractivity (Wildman–Crippen MR) is 114 cm³/mol. The molecule has 30 heavy (non-hydrogen) atoms. The summed E-state index contributed by atoms with van der Waals surface area (Å²) in [4.78, 5) is 22.1. The minimum Gasteiger partial charge on any atom is -0.352 e. The third-order valence-electron chi connectivity index (χ3n) is 5.65. The van der Waals surface area contributed by atoms with E-state index >= 15 is 0 Å². The maximum atomic E-state index is 14.1. The van der Waals surface area contributed by atoms with Gasteiger partial charge in [-0.15, -0.1) is 16.4 Å². The monoisotopic (exact) mass is 423 g/mol. The fourth-order valence-corrected chi connectivity index (χ4v) is 4.79. The van der Waals surface area contributed by atoms with Crippen molar-refractivity contribution in [3.63, 3.8) is 0 Å². The molecule has 1 aromatic carbocycles. The molecular weight excluding hydrogens is 401 g/mol. The SMILES string of the molecule is Cc1nc(-c2ccccc2F)sc1C(=O)N1CCN(c2ccc(C3CC3)nn2)CC1. The van der Waals surface area contributed by atoms with Gasteiger partial charge in [-0.2, -0.15) is 5.10 Å². The molecule has 6 nitrogen and oxygen atoms in total. The molecule has 1 aliphatic carbocycles. The number of piperazine rings is 1. The maximum absolute atomic E-state index is 14.1. The third kappa shape index (κ3) is 3.67. The van der Waals surface area contributed by atoms with Gasteiger partial charge in [-0.3, -0.25) is 4.79 Å². The molecule has 2 aromatic heterocycles. The van der Waals surface area contributed by atoms with Gasteiger partial charge in [0, 0.05) is 37.7 Å². The number of aryl methyl sites for hydroxylation is 1. The van der Waals surface area contributed by atoms with Gasteiger partial charge in [0.25, 0.3) is 5.91 Å². The van der Waals surface area contributed by atoms with Crippen molar-refractivity contribution in [1.82, 2.24) is 20.1 Å². The average molecular weight is 424 g/mol. The van der Waals surface area contributed by atoms with Crippen molar-refractivity contribution in [2.24, 2.45) is 0 Å². The van der Waals surface area contributed by atoms with Crippen LogP contribution in [0.1, 0.15) is 39.8 Å². The van der Waals surface area contributed by atoms with E-state index in [2.05, 4.69) is 26.1 Å². The van der Waals surface area contributed by atoms with Gasteiger partial charge in [0.15, 0.2) is 5.82 Å². The van der Waals surface area contributed by atoms with E-state index in [4.69, 9.17) is 0 Å². The Kier molecular flexibility index (Phi) is 4.94. The fourth-order valence-electron chi connectivity index (χ4n) is 3.73. The molecule has 0 unspecified atom stereocenters. The zero-order valence-corrected chi connectivity index (χ0v) is 17.5. The Bertz CT molecular complexity index is 1070. The van der Waals surface area contributed by atoms with Crippen LogP contribution in [0.15, 0.2) is 36.4 Å². The van der Waals surface area contributed by atoms with Crippen LogP contribution in [0.25, 0.3) is 10.6 Å². The highest BCUT2D eigenvalue weighted by Crippen LogP contribution is 2.38. The Morgan fingerprint density at radius 3 is 2.50 bits per heavy atom. The number of anilines is 1. The molecule has 1 saturated heterocycles. The minimum atomic E-state index is -0.326. The van der Waals surface area contributed by atoms with Crippen LogP contribution in [-0.4, -0.2) is 52.2 Å². The second-order valence-electron chi connectivity index (χ2n) is 7.78.